The third-order valence-corrected chi connectivity index (χ3v) is 5.12. The summed E-state index contributed by atoms with van der Waals surface area (Å²) in [6, 6.07) is 14.4. The highest BCUT2D eigenvalue weighted by Gasteiger charge is 2.34. The molecule has 0 radical (unpaired) electrons. The highest BCUT2D eigenvalue weighted by molar-refractivity contribution is 7.99. The van der Waals surface area contributed by atoms with E-state index in [-0.39, 0.29) is 10.7 Å². The topological polar surface area (TPSA) is 49.4 Å². The fraction of sp³-hybridized carbons (Fsp3) is 0.105. The van der Waals surface area contributed by atoms with Crippen LogP contribution in [0.4, 0.5) is 5.69 Å². The Morgan fingerprint density at radius 1 is 1.12 bits per heavy atom. The molecule has 4 nitrogen and oxygen atoms in total. The van der Waals surface area contributed by atoms with E-state index in [1.807, 2.05) is 24.3 Å². The van der Waals surface area contributed by atoms with E-state index in [9.17, 15) is 9.59 Å². The van der Waals surface area contributed by atoms with Gasteiger partial charge in [0.25, 0.3) is 11.8 Å². The van der Waals surface area contributed by atoms with E-state index in [2.05, 4.69) is 12.2 Å². The number of hydrogen-bond donors (Lipinski definition) is 1. The van der Waals surface area contributed by atoms with Crippen molar-refractivity contribution in [3.63, 3.8) is 0 Å². The molecule has 0 aliphatic carbocycles. The Kier molecular flexibility index (Phi) is 5.76. The second-order valence-electron chi connectivity index (χ2n) is 5.44. The number of amides is 2. The van der Waals surface area contributed by atoms with Gasteiger partial charge in [0.15, 0.2) is 5.11 Å². The number of nitrogens with one attached hydrogen (secondary N) is 1. The highest BCUT2D eigenvalue weighted by atomic mass is 35.5. The van der Waals surface area contributed by atoms with Crippen LogP contribution in [0.1, 0.15) is 12.5 Å². The number of rotatable bonds is 4. The van der Waals surface area contributed by atoms with Crippen LogP contribution < -0.4 is 10.2 Å². The van der Waals surface area contributed by atoms with Crippen molar-refractivity contribution < 1.29 is 9.59 Å². The molecule has 3 rings (SSSR count). The van der Waals surface area contributed by atoms with E-state index >= 15 is 0 Å². The SMILES string of the molecule is CCSc1ccc(C=C2C(=O)NC(=S)N(c3ccc(Cl)cc3)C2=O)cc1. The minimum atomic E-state index is -0.503. The zero-order valence-electron chi connectivity index (χ0n) is 13.9. The van der Waals surface area contributed by atoms with Crippen LogP contribution in [0.2, 0.25) is 5.02 Å². The molecule has 1 saturated heterocycles. The molecule has 1 N–H and O–H groups in total. The molecule has 7 heteroatoms. The third kappa shape index (κ3) is 3.98. The summed E-state index contributed by atoms with van der Waals surface area (Å²) in [4.78, 5) is 27.6. The lowest BCUT2D eigenvalue weighted by Gasteiger charge is -2.28. The second-order valence-corrected chi connectivity index (χ2v) is 7.60. The standard InChI is InChI=1S/C19H15ClN2O2S2/c1-2-26-15-9-3-12(4-10-15)11-16-17(23)21-19(25)22(18(16)24)14-7-5-13(20)6-8-14/h3-11H,2H2,1H3,(H,21,23,25). The zero-order valence-corrected chi connectivity index (χ0v) is 16.3. The molecule has 132 valence electrons. The van der Waals surface area contributed by atoms with Gasteiger partial charge in [-0.3, -0.25) is 19.8 Å². The van der Waals surface area contributed by atoms with Gasteiger partial charge in [0, 0.05) is 9.92 Å². The van der Waals surface area contributed by atoms with Gasteiger partial charge in [-0.25, -0.2) is 0 Å². The van der Waals surface area contributed by atoms with E-state index in [1.165, 1.54) is 4.90 Å². The van der Waals surface area contributed by atoms with Crippen molar-refractivity contribution in [2.45, 2.75) is 11.8 Å². The van der Waals surface area contributed by atoms with E-state index in [0.29, 0.717) is 10.7 Å². The Morgan fingerprint density at radius 2 is 1.77 bits per heavy atom. The van der Waals surface area contributed by atoms with E-state index in [0.717, 1.165) is 16.2 Å². The average Bonchev–Trinajstić information content (AvgIpc) is 2.62. The van der Waals surface area contributed by atoms with Crippen molar-refractivity contribution in [1.29, 1.82) is 0 Å². The van der Waals surface area contributed by atoms with Crippen LogP contribution in [0, 0.1) is 0 Å². The molecular formula is C19H15ClN2O2S2. The number of anilines is 1. The molecule has 0 aromatic heterocycles. The van der Waals surface area contributed by atoms with Crippen molar-refractivity contribution >= 4 is 64.3 Å². The van der Waals surface area contributed by atoms with Gasteiger partial charge >= 0.3 is 0 Å². The van der Waals surface area contributed by atoms with Crippen LogP contribution in [0.15, 0.2) is 59.0 Å². The molecule has 0 spiro atoms. The van der Waals surface area contributed by atoms with Crippen LogP contribution in [0.3, 0.4) is 0 Å². The number of nitrogens with zero attached hydrogens (tertiary/aromatic N) is 1. The van der Waals surface area contributed by atoms with Crippen molar-refractivity contribution in [1.82, 2.24) is 5.32 Å². The van der Waals surface area contributed by atoms with Gasteiger partial charge in [0.2, 0.25) is 0 Å². The van der Waals surface area contributed by atoms with Crippen LogP contribution >= 0.6 is 35.6 Å². The first-order chi connectivity index (χ1) is 12.5. The summed E-state index contributed by atoms with van der Waals surface area (Å²) < 4.78 is 0. The maximum Gasteiger partial charge on any atom is 0.270 e. The summed E-state index contributed by atoms with van der Waals surface area (Å²) in [7, 11) is 0. The molecule has 1 heterocycles. The molecule has 2 amide bonds. The largest absolute Gasteiger partial charge is 0.298 e. The van der Waals surface area contributed by atoms with E-state index in [4.69, 9.17) is 23.8 Å². The summed E-state index contributed by atoms with van der Waals surface area (Å²) in [6.07, 6.45) is 1.57. The lowest BCUT2D eigenvalue weighted by Crippen LogP contribution is -2.54. The van der Waals surface area contributed by atoms with Gasteiger partial charge < -0.3 is 0 Å². The van der Waals surface area contributed by atoms with Crippen molar-refractivity contribution in [2.24, 2.45) is 0 Å². The van der Waals surface area contributed by atoms with E-state index in [1.54, 1.807) is 42.1 Å². The number of carbonyl (C=O) groups excluding carboxylic acids is 2. The maximum absolute atomic E-state index is 12.9. The van der Waals surface area contributed by atoms with Gasteiger partial charge in [-0.15, -0.1) is 11.8 Å². The van der Waals surface area contributed by atoms with Gasteiger partial charge in [-0.05, 0) is 66.0 Å². The zero-order chi connectivity index (χ0) is 18.7. The van der Waals surface area contributed by atoms with Crippen molar-refractivity contribution in [3.05, 3.63) is 64.7 Å². The molecular weight excluding hydrogens is 388 g/mol. The molecule has 0 unspecified atom stereocenters. The monoisotopic (exact) mass is 402 g/mol. The third-order valence-electron chi connectivity index (χ3n) is 3.69. The lowest BCUT2D eigenvalue weighted by atomic mass is 10.1. The van der Waals surface area contributed by atoms with Crippen LogP contribution in [-0.4, -0.2) is 22.7 Å². The Balaban J connectivity index is 1.93. The van der Waals surface area contributed by atoms with Gasteiger partial charge in [-0.1, -0.05) is 30.7 Å². The number of carbonyl (C=O) groups is 2. The Morgan fingerprint density at radius 3 is 2.38 bits per heavy atom. The number of halogens is 1. The first-order valence-electron chi connectivity index (χ1n) is 7.89. The number of benzene rings is 2. The quantitative estimate of drug-likeness (QED) is 0.359. The minimum absolute atomic E-state index is 0.0319. The number of thiocarbonyl (C=S) groups is 1. The number of thioether (sulfide) groups is 1. The minimum Gasteiger partial charge on any atom is -0.298 e. The van der Waals surface area contributed by atoms with Crippen molar-refractivity contribution in [3.8, 4) is 0 Å². The highest BCUT2D eigenvalue weighted by Crippen LogP contribution is 2.24. The Hall–Kier alpha value is -2.15. The summed E-state index contributed by atoms with van der Waals surface area (Å²) in [5, 5.41) is 3.17. The summed E-state index contributed by atoms with van der Waals surface area (Å²) >= 11 is 12.8. The predicted octanol–water partition coefficient (Wildman–Crippen LogP) is 4.28. The fourth-order valence-electron chi connectivity index (χ4n) is 2.48. The molecule has 0 atom stereocenters. The normalized spacial score (nSPS) is 16.2. The Bertz CT molecular complexity index is 893. The second kappa shape index (κ2) is 8.03. The molecule has 1 aliphatic heterocycles. The first-order valence-corrected chi connectivity index (χ1v) is 9.66. The molecule has 26 heavy (non-hydrogen) atoms. The summed E-state index contributed by atoms with van der Waals surface area (Å²) in [5.74, 6) is 0.0137. The smallest absolute Gasteiger partial charge is 0.270 e. The molecule has 2 aromatic rings. The molecule has 1 aliphatic rings. The van der Waals surface area contributed by atoms with Gasteiger partial charge in [0.05, 0.1) is 5.69 Å². The summed E-state index contributed by atoms with van der Waals surface area (Å²) in [6.45, 7) is 2.08. The predicted molar refractivity (Wildman–Crippen MR) is 110 cm³/mol. The molecule has 1 fully saturated rings. The van der Waals surface area contributed by atoms with Crippen LogP contribution in [-0.2, 0) is 9.59 Å². The number of hydrogen-bond acceptors (Lipinski definition) is 4. The van der Waals surface area contributed by atoms with Gasteiger partial charge in [0.1, 0.15) is 5.57 Å². The molecule has 0 bridgehead atoms. The van der Waals surface area contributed by atoms with Crippen LogP contribution in [0.5, 0.6) is 0 Å². The summed E-state index contributed by atoms with van der Waals surface area (Å²) in [5.41, 5.74) is 1.35. The Labute approximate surface area is 166 Å². The fourth-order valence-corrected chi connectivity index (χ4v) is 3.54. The average molecular weight is 403 g/mol. The van der Waals surface area contributed by atoms with Gasteiger partial charge in [-0.2, -0.15) is 0 Å². The lowest BCUT2D eigenvalue weighted by molar-refractivity contribution is -0.122. The maximum atomic E-state index is 12.9. The van der Waals surface area contributed by atoms with Crippen molar-refractivity contribution in [2.75, 3.05) is 10.7 Å². The van der Waals surface area contributed by atoms with Crippen LogP contribution in [0.25, 0.3) is 6.08 Å². The first kappa shape index (κ1) is 18.6. The molecule has 0 saturated carbocycles. The van der Waals surface area contributed by atoms with E-state index < -0.39 is 11.8 Å². The molecule has 2 aromatic carbocycles.